The van der Waals surface area contributed by atoms with Crippen molar-refractivity contribution in [1.29, 1.82) is 0 Å². The number of esters is 1. The molecule has 0 spiro atoms. The predicted octanol–water partition coefficient (Wildman–Crippen LogP) is 5.20. The molecule has 0 radical (unpaired) electrons. The highest BCUT2D eigenvalue weighted by Crippen LogP contribution is 2.27. The number of methoxy groups -OCH3 is 1. The molecule has 0 atom stereocenters. The van der Waals surface area contributed by atoms with Gasteiger partial charge in [-0.2, -0.15) is 9.90 Å². The maximum Gasteiger partial charge on any atom is 0.410 e. The smallest absolute Gasteiger partial charge is 0.410 e. The number of ether oxygens (including phenoxy) is 3. The Morgan fingerprint density at radius 1 is 0.974 bits per heavy atom. The van der Waals surface area contributed by atoms with Gasteiger partial charge in [-0.3, -0.25) is 0 Å². The Balaban J connectivity index is 1.52. The van der Waals surface area contributed by atoms with E-state index < -0.39 is 11.6 Å². The van der Waals surface area contributed by atoms with Gasteiger partial charge in [0.2, 0.25) is 0 Å². The summed E-state index contributed by atoms with van der Waals surface area (Å²) in [4.78, 5) is 28.2. The first-order valence-electron chi connectivity index (χ1n) is 12.7. The van der Waals surface area contributed by atoms with E-state index in [0.29, 0.717) is 25.3 Å². The fraction of sp³-hybridized carbons (Fsp3) is 0.379. The number of hydrogen-bond donors (Lipinski definition) is 0. The van der Waals surface area contributed by atoms with Crippen LogP contribution < -0.4 is 4.74 Å². The van der Waals surface area contributed by atoms with Gasteiger partial charge in [-0.15, -0.1) is 5.10 Å². The second-order valence-electron chi connectivity index (χ2n) is 9.98. The van der Waals surface area contributed by atoms with Crippen molar-refractivity contribution in [3.05, 3.63) is 71.4 Å². The summed E-state index contributed by atoms with van der Waals surface area (Å²) in [6.45, 7) is 9.09. The van der Waals surface area contributed by atoms with Crippen molar-refractivity contribution in [3.8, 4) is 17.0 Å². The van der Waals surface area contributed by atoms with Crippen molar-refractivity contribution in [2.75, 3.05) is 26.8 Å². The van der Waals surface area contributed by atoms with E-state index in [0.717, 1.165) is 34.4 Å². The minimum atomic E-state index is -0.518. The minimum Gasteiger partial charge on any atom is -0.497 e. The van der Waals surface area contributed by atoms with E-state index in [9.17, 15) is 9.59 Å². The molecule has 2 aromatic carbocycles. The lowest BCUT2D eigenvalue weighted by molar-refractivity contribution is 0.0270. The van der Waals surface area contributed by atoms with Gasteiger partial charge in [-0.25, -0.2) is 9.59 Å². The standard InChI is InChI=1S/C29H34N4O5/c1-6-37-27(34)26-25(30-33(31-26)19-20-7-13-24(36-5)14-8-20)23-11-9-21(10-12-23)22-15-17-32(18-16-22)28(35)38-29(2,3)4/h7-15H,6,16-19H2,1-5H3. The third-order valence-electron chi connectivity index (χ3n) is 6.00. The number of benzene rings is 2. The van der Waals surface area contributed by atoms with Gasteiger partial charge in [0.05, 0.1) is 20.3 Å². The van der Waals surface area contributed by atoms with Crippen LogP contribution in [0.2, 0.25) is 0 Å². The Hall–Kier alpha value is -4.14. The van der Waals surface area contributed by atoms with Gasteiger partial charge in [0.1, 0.15) is 17.0 Å². The molecular formula is C29H34N4O5. The number of carbonyl (C=O) groups is 2. The molecule has 3 aromatic rings. The van der Waals surface area contributed by atoms with Crippen LogP contribution in [-0.4, -0.2) is 64.4 Å². The summed E-state index contributed by atoms with van der Waals surface area (Å²) in [6.07, 6.45) is 2.48. The van der Waals surface area contributed by atoms with Crippen LogP contribution in [0, 0.1) is 0 Å². The van der Waals surface area contributed by atoms with Crippen LogP contribution in [-0.2, 0) is 16.0 Å². The van der Waals surface area contributed by atoms with Crippen molar-refractivity contribution < 1.29 is 23.8 Å². The lowest BCUT2D eigenvalue weighted by Gasteiger charge is -2.29. The highest BCUT2D eigenvalue weighted by Gasteiger charge is 2.25. The number of aromatic nitrogens is 3. The molecule has 4 rings (SSSR count). The largest absolute Gasteiger partial charge is 0.497 e. The van der Waals surface area contributed by atoms with Gasteiger partial charge in [0.15, 0.2) is 5.69 Å². The number of rotatable bonds is 7. The summed E-state index contributed by atoms with van der Waals surface area (Å²) in [5, 5.41) is 9.07. The van der Waals surface area contributed by atoms with Gasteiger partial charge < -0.3 is 19.1 Å². The number of carbonyl (C=O) groups excluding carboxylic acids is 2. The molecule has 1 aliphatic heterocycles. The fourth-order valence-electron chi connectivity index (χ4n) is 4.11. The molecule has 0 aliphatic carbocycles. The summed E-state index contributed by atoms with van der Waals surface area (Å²) in [7, 11) is 1.62. The molecule has 1 amide bonds. The first-order valence-corrected chi connectivity index (χ1v) is 12.7. The lowest BCUT2D eigenvalue weighted by Crippen LogP contribution is -2.39. The molecule has 0 N–H and O–H groups in total. The molecular weight excluding hydrogens is 484 g/mol. The second-order valence-corrected chi connectivity index (χ2v) is 9.98. The maximum absolute atomic E-state index is 12.7. The molecule has 0 fully saturated rings. The van der Waals surface area contributed by atoms with Crippen LogP contribution >= 0.6 is 0 Å². The van der Waals surface area contributed by atoms with E-state index in [2.05, 4.69) is 16.3 Å². The maximum atomic E-state index is 12.7. The first-order chi connectivity index (χ1) is 18.2. The Morgan fingerprint density at radius 3 is 2.24 bits per heavy atom. The molecule has 200 valence electrons. The van der Waals surface area contributed by atoms with E-state index in [1.807, 2.05) is 69.3 Å². The van der Waals surface area contributed by atoms with Gasteiger partial charge in [-0.05, 0) is 62.9 Å². The molecule has 2 heterocycles. The SMILES string of the molecule is CCOC(=O)c1nn(Cc2ccc(OC)cc2)nc1-c1ccc(C2=CCN(C(=O)OC(C)(C)C)CC2)cc1. The molecule has 0 bridgehead atoms. The second kappa shape index (κ2) is 11.5. The topological polar surface area (TPSA) is 95.8 Å². The zero-order valence-electron chi connectivity index (χ0n) is 22.6. The van der Waals surface area contributed by atoms with Gasteiger partial charge in [0.25, 0.3) is 0 Å². The van der Waals surface area contributed by atoms with Crippen LogP contribution in [0.4, 0.5) is 4.79 Å². The van der Waals surface area contributed by atoms with E-state index in [-0.39, 0.29) is 18.4 Å². The summed E-state index contributed by atoms with van der Waals surface area (Å²) >= 11 is 0. The highest BCUT2D eigenvalue weighted by atomic mass is 16.6. The Bertz CT molecular complexity index is 1300. The lowest BCUT2D eigenvalue weighted by atomic mass is 9.97. The summed E-state index contributed by atoms with van der Waals surface area (Å²) in [6, 6.07) is 15.5. The Labute approximate surface area is 223 Å². The monoisotopic (exact) mass is 518 g/mol. The first kappa shape index (κ1) is 26.9. The minimum absolute atomic E-state index is 0.179. The number of hydrogen-bond acceptors (Lipinski definition) is 7. The van der Waals surface area contributed by atoms with Crippen molar-refractivity contribution in [3.63, 3.8) is 0 Å². The Kier molecular flexibility index (Phi) is 8.14. The summed E-state index contributed by atoms with van der Waals surface area (Å²) in [5.74, 6) is 0.255. The number of nitrogens with zero attached hydrogens (tertiary/aromatic N) is 4. The van der Waals surface area contributed by atoms with Crippen LogP contribution in [0.15, 0.2) is 54.6 Å². The Morgan fingerprint density at radius 2 is 1.66 bits per heavy atom. The normalized spacial score (nSPS) is 13.6. The van der Waals surface area contributed by atoms with E-state index in [1.54, 1.807) is 18.9 Å². The number of amides is 1. The molecule has 0 saturated carbocycles. The average Bonchev–Trinajstić information content (AvgIpc) is 3.32. The average molecular weight is 519 g/mol. The third kappa shape index (κ3) is 6.59. The molecule has 9 heteroatoms. The molecule has 1 aliphatic rings. The van der Waals surface area contributed by atoms with Crippen molar-refractivity contribution in [2.24, 2.45) is 0 Å². The van der Waals surface area contributed by atoms with Gasteiger partial charge in [0, 0.05) is 18.7 Å². The van der Waals surface area contributed by atoms with Crippen molar-refractivity contribution in [2.45, 2.75) is 46.3 Å². The van der Waals surface area contributed by atoms with Crippen molar-refractivity contribution in [1.82, 2.24) is 19.9 Å². The zero-order chi connectivity index (χ0) is 27.3. The van der Waals surface area contributed by atoms with E-state index in [1.165, 1.54) is 4.80 Å². The fourth-order valence-corrected chi connectivity index (χ4v) is 4.11. The molecule has 38 heavy (non-hydrogen) atoms. The molecule has 1 aromatic heterocycles. The summed E-state index contributed by atoms with van der Waals surface area (Å²) < 4.78 is 15.9. The van der Waals surface area contributed by atoms with Crippen LogP contribution in [0.5, 0.6) is 5.75 Å². The predicted molar refractivity (Wildman–Crippen MR) is 144 cm³/mol. The quantitative estimate of drug-likeness (QED) is 0.397. The third-order valence-corrected chi connectivity index (χ3v) is 6.00. The molecule has 9 nitrogen and oxygen atoms in total. The van der Waals surface area contributed by atoms with Gasteiger partial charge >= 0.3 is 12.1 Å². The van der Waals surface area contributed by atoms with Crippen LogP contribution in [0.25, 0.3) is 16.8 Å². The van der Waals surface area contributed by atoms with E-state index in [4.69, 9.17) is 14.2 Å². The van der Waals surface area contributed by atoms with Crippen molar-refractivity contribution >= 4 is 17.6 Å². The molecule has 0 unspecified atom stereocenters. The van der Waals surface area contributed by atoms with Crippen LogP contribution in [0.1, 0.15) is 55.7 Å². The summed E-state index contributed by atoms with van der Waals surface area (Å²) in [5.41, 5.74) is 4.09. The van der Waals surface area contributed by atoms with Crippen LogP contribution in [0.3, 0.4) is 0 Å². The zero-order valence-corrected chi connectivity index (χ0v) is 22.6. The van der Waals surface area contributed by atoms with Gasteiger partial charge in [-0.1, -0.05) is 42.5 Å². The molecule has 0 saturated heterocycles. The highest BCUT2D eigenvalue weighted by molar-refractivity contribution is 5.94. The van der Waals surface area contributed by atoms with E-state index >= 15 is 0 Å².